The molecule has 0 spiro atoms. The van der Waals surface area contributed by atoms with E-state index in [2.05, 4.69) is 19.2 Å². The topological polar surface area (TPSA) is 75.4 Å². The van der Waals surface area contributed by atoms with Crippen LogP contribution in [-0.2, 0) is 9.59 Å². The third kappa shape index (κ3) is 3.48. The molecule has 5 nitrogen and oxygen atoms in total. The average Bonchev–Trinajstić information content (AvgIpc) is 2.25. The molecular weight excluding hydrogens is 206 g/mol. The second-order valence-corrected chi connectivity index (χ2v) is 4.64. The molecule has 1 saturated heterocycles. The first-order chi connectivity index (χ1) is 7.52. The maximum absolute atomic E-state index is 11.9. The van der Waals surface area contributed by atoms with Gasteiger partial charge in [-0.2, -0.15) is 0 Å². The molecule has 1 atom stereocenters. The molecule has 0 radical (unpaired) electrons. The Labute approximate surface area is 96.4 Å². The van der Waals surface area contributed by atoms with Crippen LogP contribution in [0.3, 0.4) is 0 Å². The zero-order valence-electron chi connectivity index (χ0n) is 10.0. The number of nitrogens with one attached hydrogen (secondary N) is 1. The van der Waals surface area contributed by atoms with E-state index in [1.165, 1.54) is 0 Å². The Kier molecular flexibility index (Phi) is 4.73. The van der Waals surface area contributed by atoms with E-state index in [1.807, 2.05) is 0 Å². The van der Waals surface area contributed by atoms with Crippen LogP contribution in [0.1, 0.15) is 26.7 Å². The quantitative estimate of drug-likeness (QED) is 0.693. The minimum Gasteiger partial charge on any atom is -0.368 e. The number of hydrogen-bond donors (Lipinski definition) is 2. The van der Waals surface area contributed by atoms with Crippen molar-refractivity contribution < 1.29 is 9.59 Å². The third-order valence-electron chi connectivity index (χ3n) is 2.83. The predicted molar refractivity (Wildman–Crippen MR) is 61.6 cm³/mol. The summed E-state index contributed by atoms with van der Waals surface area (Å²) in [6, 6.07) is -0.478. The van der Waals surface area contributed by atoms with E-state index in [1.54, 1.807) is 4.90 Å². The maximum Gasteiger partial charge on any atom is 0.241 e. The molecule has 2 amide bonds. The summed E-state index contributed by atoms with van der Waals surface area (Å²) >= 11 is 0. The first-order valence-corrected chi connectivity index (χ1v) is 5.82. The largest absolute Gasteiger partial charge is 0.368 e. The summed E-state index contributed by atoms with van der Waals surface area (Å²) in [4.78, 5) is 24.7. The molecule has 0 aromatic heterocycles. The molecule has 1 aliphatic rings. The van der Waals surface area contributed by atoms with Gasteiger partial charge in [-0.1, -0.05) is 13.8 Å². The van der Waals surface area contributed by atoms with E-state index in [0.29, 0.717) is 25.4 Å². The number of amides is 2. The summed E-state index contributed by atoms with van der Waals surface area (Å²) < 4.78 is 0. The molecule has 0 bridgehead atoms. The second-order valence-electron chi connectivity index (χ2n) is 4.64. The Bertz CT molecular complexity index is 266. The van der Waals surface area contributed by atoms with Crippen LogP contribution in [0.25, 0.3) is 0 Å². The number of piperazine rings is 1. The van der Waals surface area contributed by atoms with Gasteiger partial charge in [0.05, 0.1) is 0 Å². The van der Waals surface area contributed by atoms with Crippen LogP contribution in [0, 0.1) is 5.92 Å². The number of primary amides is 1. The predicted octanol–water partition coefficient (Wildman–Crippen LogP) is -0.292. The van der Waals surface area contributed by atoms with Gasteiger partial charge < -0.3 is 16.0 Å². The van der Waals surface area contributed by atoms with E-state index >= 15 is 0 Å². The molecule has 3 N–H and O–H groups in total. The van der Waals surface area contributed by atoms with Gasteiger partial charge >= 0.3 is 0 Å². The summed E-state index contributed by atoms with van der Waals surface area (Å²) in [7, 11) is 0. The lowest BCUT2D eigenvalue weighted by atomic mass is 10.1. The summed E-state index contributed by atoms with van der Waals surface area (Å²) in [5.41, 5.74) is 5.28. The van der Waals surface area contributed by atoms with Crippen molar-refractivity contribution in [2.75, 3.05) is 19.6 Å². The van der Waals surface area contributed by atoms with Crippen LogP contribution in [0.5, 0.6) is 0 Å². The van der Waals surface area contributed by atoms with Gasteiger partial charge in [-0.15, -0.1) is 0 Å². The van der Waals surface area contributed by atoms with E-state index in [9.17, 15) is 9.59 Å². The fourth-order valence-corrected chi connectivity index (χ4v) is 1.81. The monoisotopic (exact) mass is 227 g/mol. The van der Waals surface area contributed by atoms with Crippen molar-refractivity contribution in [2.45, 2.75) is 32.7 Å². The second kappa shape index (κ2) is 5.84. The Hall–Kier alpha value is -1.10. The van der Waals surface area contributed by atoms with Gasteiger partial charge in [0, 0.05) is 26.1 Å². The summed E-state index contributed by atoms with van der Waals surface area (Å²) in [5, 5.41) is 3.07. The minimum atomic E-state index is -0.478. The zero-order valence-corrected chi connectivity index (χ0v) is 10.0. The number of carbonyl (C=O) groups excluding carboxylic acids is 2. The minimum absolute atomic E-state index is 0.0407. The van der Waals surface area contributed by atoms with Gasteiger partial charge in [-0.25, -0.2) is 0 Å². The number of carbonyl (C=O) groups is 2. The lowest BCUT2D eigenvalue weighted by molar-refractivity contribution is -0.140. The lowest BCUT2D eigenvalue weighted by Crippen LogP contribution is -2.58. The fraction of sp³-hybridized carbons (Fsp3) is 0.818. The van der Waals surface area contributed by atoms with Gasteiger partial charge in [0.15, 0.2) is 0 Å². The van der Waals surface area contributed by atoms with Crippen molar-refractivity contribution in [3.05, 3.63) is 0 Å². The Morgan fingerprint density at radius 3 is 2.75 bits per heavy atom. The summed E-state index contributed by atoms with van der Waals surface area (Å²) in [6.07, 6.45) is 1.36. The first kappa shape index (κ1) is 13.0. The molecule has 1 heterocycles. The van der Waals surface area contributed by atoms with Crippen LogP contribution < -0.4 is 11.1 Å². The van der Waals surface area contributed by atoms with Crippen molar-refractivity contribution in [3.8, 4) is 0 Å². The van der Waals surface area contributed by atoms with Crippen LogP contribution in [-0.4, -0.2) is 42.4 Å². The average molecular weight is 227 g/mol. The van der Waals surface area contributed by atoms with Gasteiger partial charge in [0.1, 0.15) is 6.04 Å². The highest BCUT2D eigenvalue weighted by Crippen LogP contribution is 2.10. The van der Waals surface area contributed by atoms with Crippen molar-refractivity contribution in [1.82, 2.24) is 10.2 Å². The van der Waals surface area contributed by atoms with Crippen molar-refractivity contribution in [1.29, 1.82) is 0 Å². The number of rotatable bonds is 4. The lowest BCUT2D eigenvalue weighted by Gasteiger charge is -2.34. The van der Waals surface area contributed by atoms with Gasteiger partial charge in [0.25, 0.3) is 0 Å². The molecule has 0 saturated carbocycles. The fourth-order valence-electron chi connectivity index (χ4n) is 1.81. The SMILES string of the molecule is CC(C)CCC(=O)N1CCNCC1C(N)=O. The number of hydrogen-bond acceptors (Lipinski definition) is 3. The van der Waals surface area contributed by atoms with Crippen molar-refractivity contribution in [2.24, 2.45) is 11.7 Å². The highest BCUT2D eigenvalue weighted by atomic mass is 16.2. The molecule has 1 fully saturated rings. The number of nitrogens with zero attached hydrogens (tertiary/aromatic N) is 1. The summed E-state index contributed by atoms with van der Waals surface area (Å²) in [5.74, 6) is 0.114. The summed E-state index contributed by atoms with van der Waals surface area (Å²) in [6.45, 7) is 5.94. The van der Waals surface area contributed by atoms with Gasteiger partial charge in [0.2, 0.25) is 11.8 Å². The standard InChI is InChI=1S/C11H21N3O2/c1-8(2)3-4-10(15)14-6-5-13-7-9(14)11(12)16/h8-9,13H,3-7H2,1-2H3,(H2,12,16). The molecule has 0 aliphatic carbocycles. The van der Waals surface area contributed by atoms with Crippen LogP contribution in [0.4, 0.5) is 0 Å². The molecule has 92 valence electrons. The maximum atomic E-state index is 11.9. The van der Waals surface area contributed by atoms with Crippen LogP contribution in [0.15, 0.2) is 0 Å². The van der Waals surface area contributed by atoms with E-state index in [0.717, 1.165) is 13.0 Å². The molecule has 0 aromatic rings. The first-order valence-electron chi connectivity index (χ1n) is 5.82. The van der Waals surface area contributed by atoms with Gasteiger partial charge in [-0.3, -0.25) is 9.59 Å². The van der Waals surface area contributed by atoms with Gasteiger partial charge in [-0.05, 0) is 12.3 Å². The van der Waals surface area contributed by atoms with E-state index in [-0.39, 0.29) is 5.91 Å². The molecule has 16 heavy (non-hydrogen) atoms. The smallest absolute Gasteiger partial charge is 0.241 e. The highest BCUT2D eigenvalue weighted by molar-refractivity contribution is 5.87. The molecular formula is C11H21N3O2. The van der Waals surface area contributed by atoms with Crippen LogP contribution >= 0.6 is 0 Å². The molecule has 1 unspecified atom stereocenters. The van der Waals surface area contributed by atoms with Crippen LogP contribution in [0.2, 0.25) is 0 Å². The Morgan fingerprint density at radius 2 is 2.19 bits per heavy atom. The molecule has 5 heteroatoms. The highest BCUT2D eigenvalue weighted by Gasteiger charge is 2.29. The Balaban J connectivity index is 2.54. The zero-order chi connectivity index (χ0) is 12.1. The third-order valence-corrected chi connectivity index (χ3v) is 2.83. The van der Waals surface area contributed by atoms with Crippen molar-refractivity contribution >= 4 is 11.8 Å². The molecule has 1 rings (SSSR count). The normalized spacial score (nSPS) is 21.2. The van der Waals surface area contributed by atoms with Crippen molar-refractivity contribution in [3.63, 3.8) is 0 Å². The van der Waals surface area contributed by atoms with E-state index in [4.69, 9.17) is 5.73 Å². The van der Waals surface area contributed by atoms with E-state index < -0.39 is 11.9 Å². The Morgan fingerprint density at radius 1 is 1.50 bits per heavy atom. The number of nitrogens with two attached hydrogens (primary N) is 1. The molecule has 0 aromatic carbocycles. The molecule has 1 aliphatic heterocycles.